The van der Waals surface area contributed by atoms with Crippen molar-refractivity contribution in [2.75, 3.05) is 13.7 Å². The number of aliphatic imine (C=N–C) groups is 1. The van der Waals surface area contributed by atoms with E-state index in [0.717, 1.165) is 16.9 Å². The summed E-state index contributed by atoms with van der Waals surface area (Å²) in [7, 11) is 1.61. The average Bonchev–Trinajstić information content (AvgIpc) is 2.99. The van der Waals surface area contributed by atoms with Crippen molar-refractivity contribution in [2.24, 2.45) is 4.99 Å². The first kappa shape index (κ1) is 19.8. The van der Waals surface area contributed by atoms with Gasteiger partial charge in [0.05, 0.1) is 24.3 Å². The molecular weight excluding hydrogens is 374 g/mol. The molecule has 6 heteroatoms. The summed E-state index contributed by atoms with van der Waals surface area (Å²) >= 11 is 1.24. The number of carbonyl (C=O) groups is 1. The number of aliphatic hydroxyl groups is 1. The largest absolute Gasteiger partial charge is 0.506 e. The monoisotopic (exact) mass is 395 g/mol. The van der Waals surface area contributed by atoms with Crippen molar-refractivity contribution in [1.29, 1.82) is 0 Å². The Morgan fingerprint density at radius 2 is 1.82 bits per heavy atom. The van der Waals surface area contributed by atoms with E-state index in [-0.39, 0.29) is 17.9 Å². The maximum absolute atomic E-state index is 12.4. The van der Waals surface area contributed by atoms with Crippen LogP contribution in [0.1, 0.15) is 18.1 Å². The van der Waals surface area contributed by atoms with E-state index in [1.54, 1.807) is 20.1 Å². The third-order valence-electron chi connectivity index (χ3n) is 4.05. The van der Waals surface area contributed by atoms with Crippen molar-refractivity contribution >= 4 is 34.5 Å². The van der Waals surface area contributed by atoms with E-state index in [1.165, 1.54) is 11.8 Å². The van der Waals surface area contributed by atoms with Crippen molar-refractivity contribution in [3.8, 4) is 5.75 Å². The summed E-state index contributed by atoms with van der Waals surface area (Å²) in [4.78, 5) is 17.5. The third-order valence-corrected chi connectivity index (χ3v) is 5.07. The molecule has 2 aromatic carbocycles. The number of methoxy groups -OCH3 is 1. The molecule has 0 aliphatic carbocycles. The molecule has 1 heterocycles. The fourth-order valence-electron chi connectivity index (χ4n) is 2.58. The standard InChI is InChI=1S/C22H21NO4S/c1-4-27-22(25)19-20(24)18(13-15-7-11-17(26-3)12-8-15)28-21(19)23-16-9-5-14(2)6-10-16/h5-13,24H,4H2,1-3H3/b18-13-,23-21?. The highest BCUT2D eigenvalue weighted by atomic mass is 32.2. The highest BCUT2D eigenvalue weighted by molar-refractivity contribution is 8.18. The SMILES string of the molecule is CCOC(=O)C1=C(O)/C(=C/c2ccc(OC)cc2)SC1=Nc1ccc(C)cc1. The molecule has 144 valence electrons. The first-order chi connectivity index (χ1) is 13.5. The summed E-state index contributed by atoms with van der Waals surface area (Å²) in [6.45, 7) is 3.94. The molecule has 1 aliphatic heterocycles. The Morgan fingerprint density at radius 3 is 2.43 bits per heavy atom. The van der Waals surface area contributed by atoms with Gasteiger partial charge in [-0.3, -0.25) is 0 Å². The van der Waals surface area contributed by atoms with Gasteiger partial charge in [0, 0.05) is 0 Å². The van der Waals surface area contributed by atoms with Gasteiger partial charge in [-0.2, -0.15) is 0 Å². The molecule has 0 unspecified atom stereocenters. The molecule has 2 aromatic rings. The first-order valence-electron chi connectivity index (χ1n) is 8.82. The smallest absolute Gasteiger partial charge is 0.344 e. The van der Waals surface area contributed by atoms with Gasteiger partial charge in [-0.05, 0) is 49.8 Å². The van der Waals surface area contributed by atoms with E-state index in [1.807, 2.05) is 55.5 Å². The van der Waals surface area contributed by atoms with Gasteiger partial charge in [-0.15, -0.1) is 0 Å². The minimum Gasteiger partial charge on any atom is -0.506 e. The topological polar surface area (TPSA) is 68.1 Å². The number of hydrogen-bond donors (Lipinski definition) is 1. The number of hydrogen-bond acceptors (Lipinski definition) is 6. The van der Waals surface area contributed by atoms with E-state index in [4.69, 9.17) is 9.47 Å². The lowest BCUT2D eigenvalue weighted by Gasteiger charge is -2.04. The molecule has 0 radical (unpaired) electrons. The predicted octanol–water partition coefficient (Wildman–Crippen LogP) is 5.20. The van der Waals surface area contributed by atoms with Gasteiger partial charge in [-0.25, -0.2) is 9.79 Å². The summed E-state index contributed by atoms with van der Waals surface area (Å²) in [5.41, 5.74) is 2.78. The van der Waals surface area contributed by atoms with Crippen LogP contribution in [0.25, 0.3) is 6.08 Å². The van der Waals surface area contributed by atoms with Crippen LogP contribution in [-0.4, -0.2) is 29.8 Å². The quantitative estimate of drug-likeness (QED) is 0.705. The molecule has 0 amide bonds. The van der Waals surface area contributed by atoms with Crippen molar-refractivity contribution in [3.05, 3.63) is 75.9 Å². The van der Waals surface area contributed by atoms with Gasteiger partial charge in [-0.1, -0.05) is 41.6 Å². The highest BCUT2D eigenvalue weighted by Gasteiger charge is 2.33. The molecule has 0 spiro atoms. The summed E-state index contributed by atoms with van der Waals surface area (Å²) in [5, 5.41) is 11.1. The molecule has 0 aromatic heterocycles. The molecule has 5 nitrogen and oxygen atoms in total. The van der Waals surface area contributed by atoms with Crippen LogP contribution in [0, 0.1) is 6.92 Å². The number of aliphatic hydroxyl groups excluding tert-OH is 1. The Balaban J connectivity index is 2.00. The van der Waals surface area contributed by atoms with Crippen LogP contribution in [0.3, 0.4) is 0 Å². The van der Waals surface area contributed by atoms with Crippen molar-refractivity contribution < 1.29 is 19.4 Å². The van der Waals surface area contributed by atoms with E-state index in [0.29, 0.717) is 15.6 Å². The molecule has 1 aliphatic rings. The average molecular weight is 395 g/mol. The zero-order chi connectivity index (χ0) is 20.1. The Kier molecular flexibility index (Phi) is 6.21. The molecular formula is C22H21NO4S. The van der Waals surface area contributed by atoms with Gasteiger partial charge in [0.25, 0.3) is 0 Å². The van der Waals surface area contributed by atoms with Crippen LogP contribution in [0.15, 0.2) is 69.8 Å². The Labute approximate surface area is 168 Å². The number of esters is 1. The fraction of sp³-hybridized carbons (Fsp3) is 0.182. The second-order valence-electron chi connectivity index (χ2n) is 6.08. The van der Waals surface area contributed by atoms with Crippen LogP contribution in [0.5, 0.6) is 5.75 Å². The number of ether oxygens (including phenoxy) is 2. The summed E-state index contributed by atoms with van der Waals surface area (Å²) in [5.74, 6) is 0.0384. The number of carbonyl (C=O) groups excluding carboxylic acids is 1. The second kappa shape index (κ2) is 8.80. The van der Waals surface area contributed by atoms with E-state index >= 15 is 0 Å². The van der Waals surface area contributed by atoms with E-state index < -0.39 is 5.97 Å². The lowest BCUT2D eigenvalue weighted by Crippen LogP contribution is -2.12. The fourth-order valence-corrected chi connectivity index (χ4v) is 3.62. The van der Waals surface area contributed by atoms with Crippen molar-refractivity contribution in [2.45, 2.75) is 13.8 Å². The van der Waals surface area contributed by atoms with Gasteiger partial charge < -0.3 is 14.6 Å². The van der Waals surface area contributed by atoms with Crippen LogP contribution < -0.4 is 4.74 Å². The minimum atomic E-state index is -0.587. The molecule has 0 saturated carbocycles. The van der Waals surface area contributed by atoms with Crippen molar-refractivity contribution in [3.63, 3.8) is 0 Å². The number of nitrogens with zero attached hydrogens (tertiary/aromatic N) is 1. The van der Waals surface area contributed by atoms with Gasteiger partial charge in [0.2, 0.25) is 0 Å². The van der Waals surface area contributed by atoms with Crippen molar-refractivity contribution in [1.82, 2.24) is 0 Å². The molecule has 0 saturated heterocycles. The Bertz CT molecular complexity index is 957. The first-order valence-corrected chi connectivity index (χ1v) is 9.63. The molecule has 0 atom stereocenters. The zero-order valence-corrected chi connectivity index (χ0v) is 16.7. The summed E-state index contributed by atoms with van der Waals surface area (Å²) < 4.78 is 10.3. The number of aryl methyl sites for hydroxylation is 1. The van der Waals surface area contributed by atoms with E-state index in [9.17, 15) is 9.90 Å². The van der Waals surface area contributed by atoms with Gasteiger partial charge in [0.15, 0.2) is 0 Å². The molecule has 0 bridgehead atoms. The van der Waals surface area contributed by atoms with Crippen LogP contribution in [-0.2, 0) is 9.53 Å². The minimum absolute atomic E-state index is 0.0900. The Hall–Kier alpha value is -2.99. The van der Waals surface area contributed by atoms with Gasteiger partial charge in [0.1, 0.15) is 22.1 Å². The van der Waals surface area contributed by atoms with Crippen LogP contribution >= 0.6 is 11.8 Å². The zero-order valence-electron chi connectivity index (χ0n) is 15.9. The number of rotatable bonds is 5. The van der Waals surface area contributed by atoms with Crippen LogP contribution in [0.2, 0.25) is 0 Å². The highest BCUT2D eigenvalue weighted by Crippen LogP contribution is 2.40. The normalized spacial score (nSPS) is 16.7. The molecule has 3 rings (SSSR count). The maximum Gasteiger partial charge on any atom is 0.344 e. The van der Waals surface area contributed by atoms with Crippen LogP contribution in [0.4, 0.5) is 5.69 Å². The van der Waals surface area contributed by atoms with Gasteiger partial charge >= 0.3 is 5.97 Å². The Morgan fingerprint density at radius 1 is 1.14 bits per heavy atom. The lowest BCUT2D eigenvalue weighted by molar-refractivity contribution is -0.138. The maximum atomic E-state index is 12.4. The third kappa shape index (κ3) is 4.46. The molecule has 1 N–H and O–H groups in total. The molecule has 0 fully saturated rings. The summed E-state index contributed by atoms with van der Waals surface area (Å²) in [6.07, 6.45) is 1.80. The lowest BCUT2D eigenvalue weighted by atomic mass is 10.1. The number of thioether (sulfide) groups is 1. The summed E-state index contributed by atoms with van der Waals surface area (Å²) in [6, 6.07) is 15.0. The molecule has 28 heavy (non-hydrogen) atoms. The van der Waals surface area contributed by atoms with E-state index in [2.05, 4.69) is 4.99 Å². The number of benzene rings is 2. The second-order valence-corrected chi connectivity index (χ2v) is 7.11. The predicted molar refractivity (Wildman–Crippen MR) is 113 cm³/mol.